The maximum Gasteiger partial charge on any atom is 0.205 e. The van der Waals surface area contributed by atoms with Crippen LogP contribution in [0.4, 0.5) is 10.9 Å². The molecule has 0 saturated carbocycles. The number of benzene rings is 1. The molecule has 0 bridgehead atoms. The summed E-state index contributed by atoms with van der Waals surface area (Å²) in [5, 5.41) is 6.55. The number of hydrogen-bond acceptors (Lipinski definition) is 7. The number of nitrogens with zero attached hydrogens (tertiary/aromatic N) is 2. The highest BCUT2D eigenvalue weighted by atomic mass is 32.1. The number of aromatic nitrogens is 1. The summed E-state index contributed by atoms with van der Waals surface area (Å²) >= 11 is 1.41. The maximum absolute atomic E-state index is 5.56. The molecule has 1 fully saturated rings. The van der Waals surface area contributed by atoms with E-state index in [1.165, 1.54) is 11.3 Å². The van der Waals surface area contributed by atoms with Gasteiger partial charge in [-0.3, -0.25) is 5.43 Å². The molecule has 0 amide bonds. The smallest absolute Gasteiger partial charge is 0.205 e. The fraction of sp³-hybridized carbons (Fsp3) is 0.286. The van der Waals surface area contributed by atoms with Crippen molar-refractivity contribution in [3.63, 3.8) is 0 Å². The summed E-state index contributed by atoms with van der Waals surface area (Å²) in [6, 6.07) is 7.91. The number of thiazole rings is 1. The summed E-state index contributed by atoms with van der Waals surface area (Å²) in [7, 11) is 0. The molecule has 0 radical (unpaired) electrons. The molecule has 110 valence electrons. The molecule has 1 aliphatic heterocycles. The van der Waals surface area contributed by atoms with E-state index in [1.54, 1.807) is 11.6 Å². The summed E-state index contributed by atoms with van der Waals surface area (Å²) in [4.78, 5) is 4.06. The quantitative estimate of drug-likeness (QED) is 0.670. The molecule has 2 heterocycles. The Balaban J connectivity index is 1.58. The van der Waals surface area contributed by atoms with Gasteiger partial charge >= 0.3 is 0 Å². The first-order valence-corrected chi connectivity index (χ1v) is 7.52. The monoisotopic (exact) mass is 304 g/mol. The Bertz CT molecular complexity index is 606. The van der Waals surface area contributed by atoms with Crippen LogP contribution in [-0.2, 0) is 9.47 Å². The van der Waals surface area contributed by atoms with E-state index >= 15 is 0 Å². The lowest BCUT2D eigenvalue weighted by atomic mass is 10.1. The van der Waals surface area contributed by atoms with Gasteiger partial charge in [0.25, 0.3) is 0 Å². The summed E-state index contributed by atoms with van der Waals surface area (Å²) in [6.07, 6.45) is 2.43. The summed E-state index contributed by atoms with van der Waals surface area (Å²) in [5.74, 6) is 0.495. The van der Waals surface area contributed by atoms with Crippen LogP contribution in [0.5, 0.6) is 0 Å². The second-order valence-corrected chi connectivity index (χ2v) is 5.40. The predicted molar refractivity (Wildman–Crippen MR) is 83.4 cm³/mol. The number of nitrogens with one attached hydrogen (secondary N) is 1. The van der Waals surface area contributed by atoms with Gasteiger partial charge in [-0.15, -0.1) is 11.3 Å². The first-order chi connectivity index (χ1) is 10.3. The molecule has 1 aromatic heterocycles. The lowest BCUT2D eigenvalue weighted by Crippen LogP contribution is -2.17. The summed E-state index contributed by atoms with van der Waals surface area (Å²) in [6.45, 7) is 1.49. The van der Waals surface area contributed by atoms with Crippen LogP contribution in [0.3, 0.4) is 0 Å². The molecule has 1 saturated heterocycles. The van der Waals surface area contributed by atoms with Crippen molar-refractivity contribution in [3.8, 4) is 0 Å². The Labute approximate surface area is 126 Å². The van der Waals surface area contributed by atoms with Crippen molar-refractivity contribution in [2.24, 2.45) is 5.10 Å². The van der Waals surface area contributed by atoms with Crippen LogP contribution in [0.2, 0.25) is 0 Å². The van der Waals surface area contributed by atoms with Gasteiger partial charge in [-0.25, -0.2) is 4.98 Å². The average molecular weight is 304 g/mol. The van der Waals surface area contributed by atoms with E-state index in [0.29, 0.717) is 10.9 Å². The topological polar surface area (TPSA) is 81.8 Å². The fourth-order valence-electron chi connectivity index (χ4n) is 1.92. The third-order valence-electron chi connectivity index (χ3n) is 2.93. The molecule has 1 aliphatic rings. The summed E-state index contributed by atoms with van der Waals surface area (Å²) in [5.41, 5.74) is 10.4. The highest BCUT2D eigenvalue weighted by molar-refractivity contribution is 7.14. The molecule has 0 atom stereocenters. The van der Waals surface area contributed by atoms with Crippen molar-refractivity contribution < 1.29 is 9.47 Å². The van der Waals surface area contributed by atoms with Crippen molar-refractivity contribution in [3.05, 3.63) is 40.8 Å². The molecule has 0 spiro atoms. The van der Waals surface area contributed by atoms with Gasteiger partial charge in [-0.1, -0.05) is 24.3 Å². The number of rotatable bonds is 4. The van der Waals surface area contributed by atoms with Crippen molar-refractivity contribution in [1.29, 1.82) is 0 Å². The molecule has 2 aromatic rings. The van der Waals surface area contributed by atoms with E-state index in [4.69, 9.17) is 15.2 Å². The zero-order chi connectivity index (χ0) is 14.5. The second-order valence-electron chi connectivity index (χ2n) is 4.54. The number of nitrogen functional groups attached to an aromatic ring is 1. The van der Waals surface area contributed by atoms with Gasteiger partial charge in [-0.2, -0.15) is 5.10 Å². The third kappa shape index (κ3) is 3.78. The van der Waals surface area contributed by atoms with Gasteiger partial charge in [0.15, 0.2) is 6.29 Å². The van der Waals surface area contributed by atoms with E-state index < -0.39 is 0 Å². The minimum atomic E-state index is -0.249. The van der Waals surface area contributed by atoms with Crippen LogP contribution < -0.4 is 11.2 Å². The fourth-order valence-corrected chi connectivity index (χ4v) is 2.47. The van der Waals surface area contributed by atoms with E-state index in [1.807, 2.05) is 24.3 Å². The molecular formula is C14H16N4O2S. The van der Waals surface area contributed by atoms with E-state index in [2.05, 4.69) is 15.5 Å². The first-order valence-electron chi connectivity index (χ1n) is 6.64. The number of anilines is 2. The van der Waals surface area contributed by atoms with Crippen LogP contribution >= 0.6 is 11.3 Å². The highest BCUT2D eigenvalue weighted by Crippen LogP contribution is 2.22. The van der Waals surface area contributed by atoms with Crippen LogP contribution in [0.25, 0.3) is 0 Å². The molecule has 0 aliphatic carbocycles. The van der Waals surface area contributed by atoms with Crippen LogP contribution in [-0.4, -0.2) is 24.4 Å². The Morgan fingerprint density at radius 2 is 2.05 bits per heavy atom. The van der Waals surface area contributed by atoms with Gasteiger partial charge in [0.05, 0.1) is 19.4 Å². The van der Waals surface area contributed by atoms with Crippen molar-refractivity contribution in [1.82, 2.24) is 4.98 Å². The zero-order valence-corrected chi connectivity index (χ0v) is 12.2. The highest BCUT2D eigenvalue weighted by Gasteiger charge is 2.15. The molecule has 7 heteroatoms. The second kappa shape index (κ2) is 6.66. The SMILES string of the molecule is Nc1csc(NN=Cc2ccc(C3OCCCO3)cc2)n1. The largest absolute Gasteiger partial charge is 0.383 e. The van der Waals surface area contributed by atoms with Crippen molar-refractivity contribution in [2.45, 2.75) is 12.7 Å². The Morgan fingerprint density at radius 3 is 2.71 bits per heavy atom. The molecule has 21 heavy (non-hydrogen) atoms. The number of hydrazone groups is 1. The number of ether oxygens (including phenoxy) is 2. The lowest BCUT2D eigenvalue weighted by Gasteiger charge is -2.23. The van der Waals surface area contributed by atoms with E-state index in [0.717, 1.165) is 30.8 Å². The standard InChI is InChI=1S/C14H16N4O2S/c15-12-9-21-14(17-12)18-16-8-10-2-4-11(5-3-10)13-19-6-1-7-20-13/h2-5,8-9,13H,1,6-7,15H2,(H,17,18). The van der Waals surface area contributed by atoms with Crippen LogP contribution in [0, 0.1) is 0 Å². The molecule has 3 N–H and O–H groups in total. The van der Waals surface area contributed by atoms with Gasteiger partial charge in [0.2, 0.25) is 5.13 Å². The predicted octanol–water partition coefficient (Wildman–Crippen LogP) is 2.61. The first kappa shape index (κ1) is 14.0. The van der Waals surface area contributed by atoms with Gasteiger partial charge in [0.1, 0.15) is 5.82 Å². The Morgan fingerprint density at radius 1 is 1.29 bits per heavy atom. The Hall–Kier alpha value is -1.96. The number of nitrogens with two attached hydrogens (primary N) is 1. The van der Waals surface area contributed by atoms with E-state index in [9.17, 15) is 0 Å². The molecule has 1 aromatic carbocycles. The molecule has 0 unspecified atom stereocenters. The minimum Gasteiger partial charge on any atom is -0.383 e. The van der Waals surface area contributed by atoms with Crippen molar-refractivity contribution >= 4 is 28.5 Å². The van der Waals surface area contributed by atoms with E-state index in [-0.39, 0.29) is 6.29 Å². The van der Waals surface area contributed by atoms with Crippen molar-refractivity contribution in [2.75, 3.05) is 24.4 Å². The lowest BCUT2D eigenvalue weighted by molar-refractivity contribution is -0.183. The molecule has 3 rings (SSSR count). The maximum atomic E-state index is 5.56. The third-order valence-corrected chi connectivity index (χ3v) is 3.70. The zero-order valence-electron chi connectivity index (χ0n) is 11.4. The van der Waals surface area contributed by atoms with Gasteiger partial charge < -0.3 is 15.2 Å². The number of hydrogen-bond donors (Lipinski definition) is 2. The minimum absolute atomic E-state index is 0.249. The van der Waals surface area contributed by atoms with Gasteiger partial charge in [0, 0.05) is 10.9 Å². The normalized spacial score (nSPS) is 16.4. The summed E-state index contributed by atoms with van der Waals surface area (Å²) < 4.78 is 11.1. The average Bonchev–Trinajstić information content (AvgIpc) is 2.94. The van der Waals surface area contributed by atoms with Crippen LogP contribution in [0.1, 0.15) is 23.8 Å². The van der Waals surface area contributed by atoms with Gasteiger partial charge in [-0.05, 0) is 12.0 Å². The Kier molecular flexibility index (Phi) is 4.44. The van der Waals surface area contributed by atoms with Crippen LogP contribution in [0.15, 0.2) is 34.7 Å². The molecular weight excluding hydrogens is 288 g/mol. The molecule has 6 nitrogen and oxygen atoms in total.